The van der Waals surface area contributed by atoms with Crippen molar-refractivity contribution in [2.24, 2.45) is 5.92 Å². The van der Waals surface area contributed by atoms with Crippen LogP contribution in [0.25, 0.3) is 0 Å². The fourth-order valence-corrected chi connectivity index (χ4v) is 2.67. The van der Waals surface area contributed by atoms with Gasteiger partial charge in [0.15, 0.2) is 0 Å². The third kappa shape index (κ3) is 2.74. The van der Waals surface area contributed by atoms with E-state index in [1.165, 1.54) is 5.56 Å². The minimum Gasteiger partial charge on any atom is -0.493 e. The molecule has 0 unspecified atom stereocenters. The molecule has 1 atom stereocenters. The predicted octanol–water partition coefficient (Wildman–Crippen LogP) is 2.62. The molecule has 2 heterocycles. The molecule has 1 aromatic carbocycles. The number of rotatable bonds is 3. The molecule has 0 saturated carbocycles. The zero-order valence-electron chi connectivity index (χ0n) is 11.9. The van der Waals surface area contributed by atoms with E-state index in [9.17, 15) is 0 Å². The number of para-hydroxylation sites is 1. The quantitative estimate of drug-likeness (QED) is 0.930. The molecule has 4 nitrogen and oxygen atoms in total. The molecule has 0 aliphatic carbocycles. The Bertz CT molecular complexity index is 612. The van der Waals surface area contributed by atoms with Crippen molar-refractivity contribution >= 4 is 5.95 Å². The molecule has 20 heavy (non-hydrogen) atoms. The number of hydrogen-bond acceptors (Lipinski definition) is 4. The van der Waals surface area contributed by atoms with Crippen molar-refractivity contribution in [3.8, 4) is 5.75 Å². The van der Waals surface area contributed by atoms with E-state index < -0.39 is 0 Å². The first-order valence-electron chi connectivity index (χ1n) is 6.97. The molecule has 104 valence electrons. The van der Waals surface area contributed by atoms with Gasteiger partial charge in [-0.3, -0.25) is 0 Å². The fourth-order valence-electron chi connectivity index (χ4n) is 2.67. The molecule has 0 saturated heterocycles. The van der Waals surface area contributed by atoms with Gasteiger partial charge in [-0.05, 0) is 37.5 Å². The smallest absolute Gasteiger partial charge is 0.222 e. The van der Waals surface area contributed by atoms with Crippen molar-refractivity contribution in [2.75, 3.05) is 19.0 Å². The first-order chi connectivity index (χ1) is 9.74. The van der Waals surface area contributed by atoms with Gasteiger partial charge in [-0.25, -0.2) is 9.97 Å². The molecule has 1 aliphatic heterocycles. The third-order valence-electron chi connectivity index (χ3n) is 3.58. The lowest BCUT2D eigenvalue weighted by Crippen LogP contribution is -2.23. The molecule has 0 bridgehead atoms. The highest BCUT2D eigenvalue weighted by Crippen LogP contribution is 2.28. The van der Waals surface area contributed by atoms with Gasteiger partial charge in [-0.1, -0.05) is 18.2 Å². The predicted molar refractivity (Wildman–Crippen MR) is 79.2 cm³/mol. The second-order valence-electron chi connectivity index (χ2n) is 5.27. The second-order valence-corrected chi connectivity index (χ2v) is 5.27. The van der Waals surface area contributed by atoms with Gasteiger partial charge in [-0.15, -0.1) is 0 Å². The summed E-state index contributed by atoms with van der Waals surface area (Å²) in [5.41, 5.74) is 3.37. The lowest BCUT2D eigenvalue weighted by atomic mass is 9.92. The number of hydrogen-bond donors (Lipinski definition) is 1. The third-order valence-corrected chi connectivity index (χ3v) is 3.58. The van der Waals surface area contributed by atoms with Gasteiger partial charge in [0.25, 0.3) is 0 Å². The Labute approximate surface area is 119 Å². The minimum absolute atomic E-state index is 0.476. The Hall–Kier alpha value is -2.10. The molecule has 1 aliphatic rings. The van der Waals surface area contributed by atoms with Gasteiger partial charge in [0.05, 0.1) is 6.61 Å². The van der Waals surface area contributed by atoms with E-state index in [1.807, 2.05) is 26.1 Å². The zero-order chi connectivity index (χ0) is 13.9. The highest BCUT2D eigenvalue weighted by atomic mass is 16.5. The van der Waals surface area contributed by atoms with Crippen LogP contribution in [0.4, 0.5) is 5.95 Å². The fraction of sp³-hybridized carbons (Fsp3) is 0.375. The summed E-state index contributed by atoms with van der Waals surface area (Å²) in [6.07, 6.45) is 1.97. The van der Waals surface area contributed by atoms with Crippen LogP contribution in [0.1, 0.15) is 17.0 Å². The van der Waals surface area contributed by atoms with E-state index in [2.05, 4.69) is 33.5 Å². The van der Waals surface area contributed by atoms with Crippen molar-refractivity contribution in [3.63, 3.8) is 0 Å². The largest absolute Gasteiger partial charge is 0.493 e. The topological polar surface area (TPSA) is 47.0 Å². The highest BCUT2D eigenvalue weighted by Gasteiger charge is 2.20. The number of fused-ring (bicyclic) bond motifs is 1. The maximum Gasteiger partial charge on any atom is 0.222 e. The molecular formula is C16H19N3O. The Morgan fingerprint density at radius 2 is 2.15 bits per heavy atom. The number of nitrogens with one attached hydrogen (secondary N) is 1. The molecule has 1 N–H and O–H groups in total. The van der Waals surface area contributed by atoms with E-state index in [-0.39, 0.29) is 0 Å². The van der Waals surface area contributed by atoms with E-state index in [0.717, 1.165) is 36.6 Å². The van der Waals surface area contributed by atoms with E-state index in [0.29, 0.717) is 11.9 Å². The second kappa shape index (κ2) is 5.49. The van der Waals surface area contributed by atoms with Crippen LogP contribution in [-0.2, 0) is 12.8 Å². The summed E-state index contributed by atoms with van der Waals surface area (Å²) >= 11 is 0. The van der Waals surface area contributed by atoms with E-state index in [4.69, 9.17) is 4.74 Å². The van der Waals surface area contributed by atoms with Gasteiger partial charge in [0.2, 0.25) is 5.95 Å². The summed E-state index contributed by atoms with van der Waals surface area (Å²) < 4.78 is 5.84. The Morgan fingerprint density at radius 3 is 3.00 bits per heavy atom. The molecule has 0 spiro atoms. The highest BCUT2D eigenvalue weighted by molar-refractivity contribution is 5.35. The standard InChI is InChI=1S/C16H19N3O/c1-11-7-14(19-16(17-2)18-11)9-12-8-13-5-3-4-6-15(13)20-10-12/h3-7,12H,8-10H2,1-2H3,(H,17,18,19)/t12-/m0/s1. The van der Waals surface area contributed by atoms with Crippen molar-refractivity contribution < 1.29 is 4.74 Å². The average Bonchev–Trinajstić information content (AvgIpc) is 2.46. The van der Waals surface area contributed by atoms with Crippen molar-refractivity contribution in [1.82, 2.24) is 9.97 Å². The van der Waals surface area contributed by atoms with Crippen LogP contribution in [0, 0.1) is 12.8 Å². The van der Waals surface area contributed by atoms with Gasteiger partial charge in [0.1, 0.15) is 5.75 Å². The monoisotopic (exact) mass is 269 g/mol. The lowest BCUT2D eigenvalue weighted by molar-refractivity contribution is 0.220. The van der Waals surface area contributed by atoms with Crippen LogP contribution in [0.2, 0.25) is 0 Å². The maximum atomic E-state index is 5.84. The lowest BCUT2D eigenvalue weighted by Gasteiger charge is -2.25. The Balaban J connectivity index is 1.75. The molecule has 0 amide bonds. The zero-order valence-corrected chi connectivity index (χ0v) is 11.9. The van der Waals surface area contributed by atoms with Crippen LogP contribution in [0.5, 0.6) is 5.75 Å². The SMILES string of the molecule is CNc1nc(C)cc(C[C@H]2COc3ccccc3C2)n1. The van der Waals surface area contributed by atoms with E-state index in [1.54, 1.807) is 0 Å². The van der Waals surface area contributed by atoms with Crippen LogP contribution in [-0.4, -0.2) is 23.6 Å². The average molecular weight is 269 g/mol. The number of benzene rings is 1. The van der Waals surface area contributed by atoms with Crippen LogP contribution in [0.15, 0.2) is 30.3 Å². The number of anilines is 1. The number of ether oxygens (including phenoxy) is 1. The normalized spacial score (nSPS) is 17.2. The molecule has 0 fully saturated rings. The summed E-state index contributed by atoms with van der Waals surface area (Å²) in [6.45, 7) is 2.76. The summed E-state index contributed by atoms with van der Waals surface area (Å²) in [5, 5.41) is 3.01. The summed E-state index contributed by atoms with van der Waals surface area (Å²) in [7, 11) is 1.85. The number of aromatic nitrogens is 2. The van der Waals surface area contributed by atoms with Crippen molar-refractivity contribution in [3.05, 3.63) is 47.3 Å². The summed E-state index contributed by atoms with van der Waals surface area (Å²) in [4.78, 5) is 8.85. The van der Waals surface area contributed by atoms with Gasteiger partial charge < -0.3 is 10.1 Å². The van der Waals surface area contributed by atoms with Crippen LogP contribution in [0.3, 0.4) is 0 Å². The van der Waals surface area contributed by atoms with Gasteiger partial charge >= 0.3 is 0 Å². The molecule has 3 rings (SSSR count). The molecule has 4 heteroatoms. The Kier molecular flexibility index (Phi) is 3.54. The molecular weight excluding hydrogens is 250 g/mol. The summed E-state index contributed by atoms with van der Waals surface area (Å²) in [6, 6.07) is 10.3. The number of aryl methyl sites for hydroxylation is 1. The molecule has 1 aromatic heterocycles. The first kappa shape index (κ1) is 12.9. The van der Waals surface area contributed by atoms with E-state index >= 15 is 0 Å². The Morgan fingerprint density at radius 1 is 1.30 bits per heavy atom. The number of nitrogens with zero attached hydrogens (tertiary/aromatic N) is 2. The van der Waals surface area contributed by atoms with Crippen LogP contribution >= 0.6 is 0 Å². The van der Waals surface area contributed by atoms with Crippen molar-refractivity contribution in [2.45, 2.75) is 19.8 Å². The van der Waals surface area contributed by atoms with Gasteiger partial charge in [-0.2, -0.15) is 0 Å². The minimum atomic E-state index is 0.476. The summed E-state index contributed by atoms with van der Waals surface area (Å²) in [5.74, 6) is 2.19. The van der Waals surface area contributed by atoms with Gasteiger partial charge in [0, 0.05) is 24.4 Å². The van der Waals surface area contributed by atoms with Crippen LogP contribution < -0.4 is 10.1 Å². The molecule has 0 radical (unpaired) electrons. The first-order valence-corrected chi connectivity index (χ1v) is 6.97. The maximum absolute atomic E-state index is 5.84. The molecule has 2 aromatic rings. The van der Waals surface area contributed by atoms with Crippen molar-refractivity contribution in [1.29, 1.82) is 0 Å².